The molecule has 0 saturated carbocycles. The van der Waals surface area contributed by atoms with Gasteiger partial charge < -0.3 is 9.26 Å². The molecule has 6 heteroatoms. The first-order chi connectivity index (χ1) is 10.1. The lowest BCUT2D eigenvalue weighted by atomic mass is 10.2. The van der Waals surface area contributed by atoms with E-state index in [0.29, 0.717) is 24.5 Å². The number of ether oxygens (including phenoxy) is 1. The van der Waals surface area contributed by atoms with Gasteiger partial charge in [0.05, 0.1) is 17.9 Å². The van der Waals surface area contributed by atoms with Crippen molar-refractivity contribution >= 4 is 5.91 Å². The molecule has 112 valence electrons. The fourth-order valence-electron chi connectivity index (χ4n) is 1.79. The van der Waals surface area contributed by atoms with E-state index in [1.807, 2.05) is 13.8 Å². The van der Waals surface area contributed by atoms with E-state index in [4.69, 9.17) is 14.1 Å². The van der Waals surface area contributed by atoms with Crippen LogP contribution in [0, 0.1) is 13.8 Å². The highest BCUT2D eigenvalue weighted by Gasteiger charge is 2.11. The molecule has 0 aliphatic rings. The highest BCUT2D eigenvalue weighted by molar-refractivity contribution is 5.93. The predicted molar refractivity (Wildman–Crippen MR) is 75.8 cm³/mol. The van der Waals surface area contributed by atoms with Crippen molar-refractivity contribution in [3.8, 4) is 5.75 Å². The summed E-state index contributed by atoms with van der Waals surface area (Å²) < 4.78 is 10.8. The molecule has 0 aliphatic heterocycles. The molecule has 21 heavy (non-hydrogen) atoms. The molecular formula is C15H18N2O4. The number of carbonyl (C=O) groups excluding carboxylic acids is 1. The van der Waals surface area contributed by atoms with Crippen LogP contribution in [0.1, 0.15) is 34.3 Å². The zero-order valence-electron chi connectivity index (χ0n) is 12.3. The van der Waals surface area contributed by atoms with Crippen LogP contribution in [0.25, 0.3) is 0 Å². The Balaban J connectivity index is 2.03. The Morgan fingerprint density at radius 1 is 1.38 bits per heavy atom. The summed E-state index contributed by atoms with van der Waals surface area (Å²) in [6.07, 6.45) is 0. The molecule has 1 aromatic carbocycles. The van der Waals surface area contributed by atoms with E-state index in [2.05, 4.69) is 10.6 Å². The quantitative estimate of drug-likeness (QED) is 0.828. The van der Waals surface area contributed by atoms with Gasteiger partial charge in [0.15, 0.2) is 0 Å². The number of aromatic nitrogens is 1. The lowest BCUT2D eigenvalue weighted by Gasteiger charge is -2.08. The Hall–Kier alpha value is -2.34. The maximum absolute atomic E-state index is 11.8. The number of nitrogens with zero attached hydrogens (tertiary/aromatic N) is 1. The van der Waals surface area contributed by atoms with Crippen molar-refractivity contribution in [1.29, 1.82) is 0 Å². The molecule has 1 amide bonds. The number of hydrogen-bond acceptors (Lipinski definition) is 5. The van der Waals surface area contributed by atoms with E-state index in [0.717, 1.165) is 17.0 Å². The fraction of sp³-hybridized carbons (Fsp3) is 0.333. The van der Waals surface area contributed by atoms with Crippen LogP contribution < -0.4 is 10.2 Å². The highest BCUT2D eigenvalue weighted by atomic mass is 16.6. The number of nitrogens with one attached hydrogen (secondary N) is 1. The van der Waals surface area contributed by atoms with Gasteiger partial charge in [0.2, 0.25) is 0 Å². The molecule has 0 atom stereocenters. The molecule has 0 spiro atoms. The zero-order valence-corrected chi connectivity index (χ0v) is 12.3. The van der Waals surface area contributed by atoms with Crippen LogP contribution in [-0.2, 0) is 11.4 Å². The smallest absolute Gasteiger partial charge is 0.274 e. The molecule has 1 heterocycles. The maximum Gasteiger partial charge on any atom is 0.274 e. The monoisotopic (exact) mass is 290 g/mol. The number of aryl methyl sites for hydroxylation is 2. The van der Waals surface area contributed by atoms with Gasteiger partial charge in [-0.15, -0.1) is 0 Å². The Labute approximate surface area is 123 Å². The first-order valence-corrected chi connectivity index (χ1v) is 6.68. The first-order valence-electron chi connectivity index (χ1n) is 6.68. The number of hydroxylamine groups is 1. The molecule has 1 aromatic heterocycles. The SMILES string of the molecule is CCONC(=O)c1cccc(OCc2c(C)noc2C)c1. The van der Waals surface area contributed by atoms with Crippen molar-refractivity contribution in [2.24, 2.45) is 0 Å². The largest absolute Gasteiger partial charge is 0.489 e. The Kier molecular flexibility index (Phi) is 4.94. The summed E-state index contributed by atoms with van der Waals surface area (Å²) in [6, 6.07) is 6.89. The van der Waals surface area contributed by atoms with Crippen LogP contribution in [0.2, 0.25) is 0 Å². The Bertz CT molecular complexity index is 602. The number of hydrogen-bond donors (Lipinski definition) is 1. The molecule has 0 radical (unpaired) electrons. The van der Waals surface area contributed by atoms with Crippen LogP contribution in [0.15, 0.2) is 28.8 Å². The van der Waals surface area contributed by atoms with Crippen molar-refractivity contribution in [2.75, 3.05) is 6.61 Å². The summed E-state index contributed by atoms with van der Waals surface area (Å²) >= 11 is 0. The van der Waals surface area contributed by atoms with Gasteiger partial charge in [-0.05, 0) is 39.0 Å². The number of carbonyl (C=O) groups is 1. The van der Waals surface area contributed by atoms with Crippen molar-refractivity contribution in [2.45, 2.75) is 27.4 Å². The minimum Gasteiger partial charge on any atom is -0.489 e. The van der Waals surface area contributed by atoms with Crippen molar-refractivity contribution in [3.63, 3.8) is 0 Å². The minimum absolute atomic E-state index is 0.306. The molecule has 2 rings (SSSR count). The molecule has 6 nitrogen and oxygen atoms in total. The summed E-state index contributed by atoms with van der Waals surface area (Å²) in [5.74, 6) is 1.02. The Morgan fingerprint density at radius 3 is 2.86 bits per heavy atom. The van der Waals surface area contributed by atoms with Crippen LogP contribution >= 0.6 is 0 Å². The first kappa shape index (κ1) is 15.1. The Morgan fingerprint density at radius 2 is 2.19 bits per heavy atom. The molecule has 0 fully saturated rings. The average molecular weight is 290 g/mol. The van der Waals surface area contributed by atoms with Gasteiger partial charge in [0.25, 0.3) is 5.91 Å². The minimum atomic E-state index is -0.306. The van der Waals surface area contributed by atoms with Gasteiger partial charge in [-0.2, -0.15) is 0 Å². The van der Waals surface area contributed by atoms with Crippen LogP contribution in [0.5, 0.6) is 5.75 Å². The summed E-state index contributed by atoms with van der Waals surface area (Å²) in [4.78, 5) is 16.7. The van der Waals surface area contributed by atoms with E-state index in [1.165, 1.54) is 0 Å². The average Bonchev–Trinajstić information content (AvgIpc) is 2.82. The topological polar surface area (TPSA) is 73.6 Å². The van der Waals surface area contributed by atoms with Gasteiger partial charge in [0, 0.05) is 5.56 Å². The number of amides is 1. The van der Waals surface area contributed by atoms with E-state index >= 15 is 0 Å². The third kappa shape index (κ3) is 3.82. The van der Waals surface area contributed by atoms with Crippen molar-refractivity contribution < 1.29 is 18.9 Å². The number of rotatable bonds is 6. The lowest BCUT2D eigenvalue weighted by molar-refractivity contribution is 0.0364. The zero-order chi connectivity index (χ0) is 15.2. The molecule has 0 bridgehead atoms. The van der Waals surface area contributed by atoms with E-state index < -0.39 is 0 Å². The van der Waals surface area contributed by atoms with Crippen molar-refractivity contribution in [1.82, 2.24) is 10.6 Å². The van der Waals surface area contributed by atoms with Gasteiger partial charge >= 0.3 is 0 Å². The predicted octanol–water partition coefficient (Wildman–Crippen LogP) is 2.55. The normalized spacial score (nSPS) is 10.4. The second kappa shape index (κ2) is 6.90. The molecular weight excluding hydrogens is 272 g/mol. The van der Waals surface area contributed by atoms with Gasteiger partial charge in [-0.25, -0.2) is 5.48 Å². The van der Waals surface area contributed by atoms with E-state index in [9.17, 15) is 4.79 Å². The third-order valence-corrected chi connectivity index (χ3v) is 2.97. The maximum atomic E-state index is 11.8. The fourth-order valence-corrected chi connectivity index (χ4v) is 1.79. The third-order valence-electron chi connectivity index (χ3n) is 2.97. The summed E-state index contributed by atoms with van der Waals surface area (Å²) in [6.45, 7) is 6.25. The summed E-state index contributed by atoms with van der Waals surface area (Å²) in [5, 5.41) is 3.87. The van der Waals surface area contributed by atoms with Crippen LogP contribution in [0.4, 0.5) is 0 Å². The van der Waals surface area contributed by atoms with E-state index in [1.54, 1.807) is 31.2 Å². The molecule has 0 saturated heterocycles. The van der Waals surface area contributed by atoms with Crippen LogP contribution in [0.3, 0.4) is 0 Å². The van der Waals surface area contributed by atoms with E-state index in [-0.39, 0.29) is 5.91 Å². The van der Waals surface area contributed by atoms with Gasteiger partial charge in [0.1, 0.15) is 18.1 Å². The van der Waals surface area contributed by atoms with Crippen molar-refractivity contribution in [3.05, 3.63) is 46.8 Å². The number of benzene rings is 1. The molecule has 2 aromatic rings. The standard InChI is InChI=1S/C15H18N2O4/c1-4-20-17-15(18)12-6-5-7-13(8-12)19-9-14-10(2)16-21-11(14)3/h5-8H,4,9H2,1-3H3,(H,17,18). The lowest BCUT2D eigenvalue weighted by Crippen LogP contribution is -2.23. The molecule has 0 aliphatic carbocycles. The van der Waals surface area contributed by atoms with Gasteiger partial charge in [-0.1, -0.05) is 11.2 Å². The van der Waals surface area contributed by atoms with Gasteiger partial charge in [-0.3, -0.25) is 9.63 Å². The second-order valence-electron chi connectivity index (χ2n) is 4.48. The summed E-state index contributed by atoms with van der Waals surface area (Å²) in [5.41, 5.74) is 4.54. The highest BCUT2D eigenvalue weighted by Crippen LogP contribution is 2.18. The second-order valence-corrected chi connectivity index (χ2v) is 4.48. The molecule has 1 N–H and O–H groups in total. The molecule has 0 unspecified atom stereocenters. The van der Waals surface area contributed by atoms with Crippen LogP contribution in [-0.4, -0.2) is 17.7 Å². The summed E-state index contributed by atoms with van der Waals surface area (Å²) in [7, 11) is 0.